The first-order chi connectivity index (χ1) is 6.83. The lowest BCUT2D eigenvalue weighted by Crippen LogP contribution is -2.30. The fourth-order valence-corrected chi connectivity index (χ4v) is 1.60. The maximum atomic E-state index is 5.61. The number of aryl methyl sites for hydroxylation is 1. The molecule has 2 rings (SSSR count). The first kappa shape index (κ1) is 9.00. The van der Waals surface area contributed by atoms with E-state index in [2.05, 4.69) is 18.2 Å². The number of nitrogens with zero attached hydrogens (tertiary/aromatic N) is 1. The lowest BCUT2D eigenvalue weighted by Gasteiger charge is -2.03. The minimum absolute atomic E-state index is 0.696. The normalized spacial score (nSPS) is 10.4. The van der Waals surface area contributed by atoms with Crippen molar-refractivity contribution in [3.63, 3.8) is 0 Å². The van der Waals surface area contributed by atoms with E-state index in [-0.39, 0.29) is 0 Å². The molecular formula is C12H14NO+. The molecule has 14 heavy (non-hydrogen) atoms. The zero-order chi connectivity index (χ0) is 9.97. The van der Waals surface area contributed by atoms with Crippen LogP contribution in [0.2, 0.25) is 0 Å². The minimum Gasteiger partial charge on any atom is -0.444 e. The van der Waals surface area contributed by atoms with Crippen molar-refractivity contribution >= 4 is 10.8 Å². The van der Waals surface area contributed by atoms with Gasteiger partial charge in [-0.05, 0) is 18.4 Å². The Morgan fingerprint density at radius 1 is 1.21 bits per heavy atom. The summed E-state index contributed by atoms with van der Waals surface area (Å²) >= 11 is 0. The van der Waals surface area contributed by atoms with Crippen molar-refractivity contribution in [2.45, 2.75) is 6.92 Å². The quantitative estimate of drug-likeness (QED) is 0.657. The molecule has 0 spiro atoms. The molecule has 0 aliphatic rings. The van der Waals surface area contributed by atoms with Gasteiger partial charge in [0.15, 0.2) is 6.20 Å². The first-order valence-electron chi connectivity index (χ1n) is 4.83. The second-order valence-electron chi connectivity index (χ2n) is 3.25. The minimum atomic E-state index is 0.696. The van der Waals surface area contributed by atoms with Gasteiger partial charge in [-0.15, -0.1) is 0 Å². The van der Waals surface area contributed by atoms with Crippen LogP contribution in [0.1, 0.15) is 6.92 Å². The number of pyridine rings is 1. The maximum Gasteiger partial charge on any atom is 0.375 e. The van der Waals surface area contributed by atoms with Crippen LogP contribution in [0.15, 0.2) is 36.5 Å². The number of hydrogen-bond acceptors (Lipinski definition) is 1. The van der Waals surface area contributed by atoms with Crippen LogP contribution in [0.5, 0.6) is 5.88 Å². The van der Waals surface area contributed by atoms with Crippen molar-refractivity contribution in [2.75, 3.05) is 6.61 Å². The lowest BCUT2D eigenvalue weighted by atomic mass is 10.2. The molecule has 2 heteroatoms. The summed E-state index contributed by atoms with van der Waals surface area (Å²) in [7, 11) is 2.00. The van der Waals surface area contributed by atoms with E-state index >= 15 is 0 Å². The van der Waals surface area contributed by atoms with Crippen molar-refractivity contribution < 1.29 is 9.30 Å². The van der Waals surface area contributed by atoms with Crippen LogP contribution in [0.3, 0.4) is 0 Å². The fourth-order valence-electron chi connectivity index (χ4n) is 1.60. The SMILES string of the molecule is CCOc1c2ccccc2cc[n+]1C. The van der Waals surface area contributed by atoms with Gasteiger partial charge < -0.3 is 4.74 Å². The second-order valence-corrected chi connectivity index (χ2v) is 3.25. The van der Waals surface area contributed by atoms with Gasteiger partial charge in [0.05, 0.1) is 12.0 Å². The Labute approximate surface area is 83.8 Å². The predicted octanol–water partition coefficient (Wildman–Crippen LogP) is 2.06. The molecule has 0 radical (unpaired) electrons. The van der Waals surface area contributed by atoms with Crippen LogP contribution in [-0.4, -0.2) is 6.61 Å². The topological polar surface area (TPSA) is 13.1 Å². The molecule has 0 unspecified atom stereocenters. The lowest BCUT2D eigenvalue weighted by molar-refractivity contribution is -0.675. The van der Waals surface area contributed by atoms with Crippen molar-refractivity contribution in [3.05, 3.63) is 36.5 Å². The van der Waals surface area contributed by atoms with Gasteiger partial charge in [-0.25, -0.2) is 0 Å². The molecule has 0 saturated carbocycles. The van der Waals surface area contributed by atoms with Crippen LogP contribution >= 0.6 is 0 Å². The highest BCUT2D eigenvalue weighted by Gasteiger charge is 2.11. The summed E-state index contributed by atoms with van der Waals surface area (Å²) < 4.78 is 7.62. The summed E-state index contributed by atoms with van der Waals surface area (Å²) in [5.74, 6) is 0.936. The Morgan fingerprint density at radius 3 is 2.79 bits per heavy atom. The van der Waals surface area contributed by atoms with E-state index in [1.807, 2.05) is 36.9 Å². The molecule has 2 nitrogen and oxygen atoms in total. The van der Waals surface area contributed by atoms with E-state index in [1.54, 1.807) is 0 Å². The van der Waals surface area contributed by atoms with Crippen LogP contribution in [0, 0.1) is 0 Å². The second kappa shape index (κ2) is 3.66. The smallest absolute Gasteiger partial charge is 0.375 e. The molecule has 0 fully saturated rings. The Balaban J connectivity index is 2.69. The number of ether oxygens (including phenoxy) is 1. The molecule has 1 aromatic carbocycles. The molecule has 0 aliphatic heterocycles. The summed E-state index contributed by atoms with van der Waals surface area (Å²) in [6, 6.07) is 10.3. The van der Waals surface area contributed by atoms with E-state index in [9.17, 15) is 0 Å². The van der Waals surface area contributed by atoms with Gasteiger partial charge in [-0.3, -0.25) is 0 Å². The molecule has 0 aliphatic carbocycles. The highest BCUT2D eigenvalue weighted by atomic mass is 16.5. The zero-order valence-electron chi connectivity index (χ0n) is 8.53. The van der Waals surface area contributed by atoms with Gasteiger partial charge in [0, 0.05) is 6.07 Å². The summed E-state index contributed by atoms with van der Waals surface area (Å²) in [4.78, 5) is 0. The van der Waals surface area contributed by atoms with Gasteiger partial charge in [-0.2, -0.15) is 4.57 Å². The average molecular weight is 188 g/mol. The first-order valence-corrected chi connectivity index (χ1v) is 4.83. The highest BCUT2D eigenvalue weighted by molar-refractivity contribution is 5.85. The summed E-state index contributed by atoms with van der Waals surface area (Å²) in [5.41, 5.74) is 0. The van der Waals surface area contributed by atoms with E-state index in [4.69, 9.17) is 4.74 Å². The Morgan fingerprint density at radius 2 is 2.00 bits per heavy atom. The molecule has 1 heterocycles. The van der Waals surface area contributed by atoms with Crippen LogP contribution < -0.4 is 9.30 Å². The fraction of sp³-hybridized carbons (Fsp3) is 0.250. The van der Waals surface area contributed by atoms with Gasteiger partial charge in [0.1, 0.15) is 7.05 Å². The molecule has 0 saturated heterocycles. The van der Waals surface area contributed by atoms with E-state index in [1.165, 1.54) is 10.8 Å². The van der Waals surface area contributed by atoms with E-state index < -0.39 is 0 Å². The molecule has 0 amide bonds. The maximum absolute atomic E-state index is 5.61. The standard InChI is InChI=1S/C12H14NO/c1-3-14-12-11-7-5-4-6-10(11)8-9-13(12)2/h4-9H,3H2,1-2H3/q+1. The molecule has 0 N–H and O–H groups in total. The number of aromatic nitrogens is 1. The summed E-state index contributed by atoms with van der Waals surface area (Å²) in [6.07, 6.45) is 2.02. The molecule has 0 atom stereocenters. The molecule has 1 aromatic heterocycles. The van der Waals surface area contributed by atoms with Gasteiger partial charge in [0.2, 0.25) is 0 Å². The number of rotatable bonds is 2. The average Bonchev–Trinajstić information content (AvgIpc) is 2.23. The number of hydrogen-bond donors (Lipinski definition) is 0. The van der Waals surface area contributed by atoms with Gasteiger partial charge >= 0.3 is 5.88 Å². The third kappa shape index (κ3) is 1.43. The van der Waals surface area contributed by atoms with Gasteiger partial charge in [-0.1, -0.05) is 18.2 Å². The number of benzene rings is 1. The molecule has 0 bridgehead atoms. The van der Waals surface area contributed by atoms with E-state index in [0.717, 1.165) is 5.88 Å². The summed E-state index contributed by atoms with van der Waals surface area (Å²) in [5, 5.41) is 2.38. The van der Waals surface area contributed by atoms with Crippen molar-refractivity contribution in [3.8, 4) is 5.88 Å². The third-order valence-electron chi connectivity index (χ3n) is 2.27. The molecule has 2 aromatic rings. The van der Waals surface area contributed by atoms with Gasteiger partial charge in [0.25, 0.3) is 0 Å². The van der Waals surface area contributed by atoms with E-state index in [0.29, 0.717) is 6.61 Å². The summed E-state index contributed by atoms with van der Waals surface area (Å²) in [6.45, 7) is 2.70. The van der Waals surface area contributed by atoms with Crippen LogP contribution in [0.4, 0.5) is 0 Å². The molecule has 72 valence electrons. The Kier molecular flexibility index (Phi) is 2.35. The van der Waals surface area contributed by atoms with Crippen molar-refractivity contribution in [2.24, 2.45) is 7.05 Å². The number of fused-ring (bicyclic) bond motifs is 1. The zero-order valence-corrected chi connectivity index (χ0v) is 8.53. The van der Waals surface area contributed by atoms with Crippen molar-refractivity contribution in [1.29, 1.82) is 0 Å². The third-order valence-corrected chi connectivity index (χ3v) is 2.27. The largest absolute Gasteiger partial charge is 0.444 e. The van der Waals surface area contributed by atoms with Crippen LogP contribution in [-0.2, 0) is 7.05 Å². The Hall–Kier alpha value is -1.57. The molecular weight excluding hydrogens is 174 g/mol. The highest BCUT2D eigenvalue weighted by Crippen LogP contribution is 2.20. The predicted molar refractivity (Wildman–Crippen MR) is 56.3 cm³/mol. The Bertz CT molecular complexity index is 451. The van der Waals surface area contributed by atoms with Crippen LogP contribution in [0.25, 0.3) is 10.8 Å². The monoisotopic (exact) mass is 188 g/mol. The van der Waals surface area contributed by atoms with Crippen molar-refractivity contribution in [1.82, 2.24) is 0 Å².